The molecule has 1 saturated carbocycles. The molecule has 1 aliphatic carbocycles. The molecule has 2 N–H and O–H groups in total. The van der Waals surface area contributed by atoms with E-state index in [4.69, 9.17) is 5.73 Å². The third-order valence-electron chi connectivity index (χ3n) is 3.23. The Labute approximate surface area is 86.3 Å². The molecule has 0 aliphatic heterocycles. The van der Waals surface area contributed by atoms with Crippen LogP contribution in [0.2, 0.25) is 0 Å². The first-order valence-electron chi connectivity index (χ1n) is 5.58. The molecule has 1 aromatic carbocycles. The molecule has 2 rings (SSSR count). The summed E-state index contributed by atoms with van der Waals surface area (Å²) in [6.07, 6.45) is 4.99. The Bertz CT molecular complexity index is 306. The van der Waals surface area contributed by atoms with Crippen molar-refractivity contribution in [1.29, 1.82) is 0 Å². The van der Waals surface area contributed by atoms with Gasteiger partial charge in [-0.15, -0.1) is 0 Å². The summed E-state index contributed by atoms with van der Waals surface area (Å²) in [6, 6.07) is 9.30. The Morgan fingerprint density at radius 3 is 2.86 bits per heavy atom. The van der Waals surface area contributed by atoms with Crippen LogP contribution in [-0.4, -0.2) is 6.04 Å². The van der Waals surface area contributed by atoms with Crippen LogP contribution in [0.1, 0.15) is 42.7 Å². The fourth-order valence-electron chi connectivity index (χ4n) is 2.45. The van der Waals surface area contributed by atoms with E-state index in [9.17, 15) is 0 Å². The van der Waals surface area contributed by atoms with Crippen LogP contribution in [-0.2, 0) is 0 Å². The van der Waals surface area contributed by atoms with E-state index in [0.29, 0.717) is 12.0 Å². The first kappa shape index (κ1) is 9.72. The molecule has 14 heavy (non-hydrogen) atoms. The average Bonchev–Trinajstić information content (AvgIpc) is 2.18. The molecule has 0 amide bonds. The van der Waals surface area contributed by atoms with Gasteiger partial charge in [-0.05, 0) is 37.7 Å². The molecular formula is C13H19N. The molecule has 0 radical (unpaired) electrons. The van der Waals surface area contributed by atoms with Crippen molar-refractivity contribution in [2.75, 3.05) is 0 Å². The first-order valence-corrected chi connectivity index (χ1v) is 5.58. The number of hydrogen-bond acceptors (Lipinski definition) is 1. The molecule has 2 atom stereocenters. The van der Waals surface area contributed by atoms with E-state index in [2.05, 4.69) is 31.2 Å². The van der Waals surface area contributed by atoms with E-state index < -0.39 is 0 Å². The highest BCUT2D eigenvalue weighted by molar-refractivity contribution is 5.26. The van der Waals surface area contributed by atoms with Crippen molar-refractivity contribution >= 4 is 0 Å². The van der Waals surface area contributed by atoms with E-state index >= 15 is 0 Å². The predicted octanol–water partition coefficient (Wildman–Crippen LogP) is 2.98. The Kier molecular flexibility index (Phi) is 2.87. The molecule has 0 aromatic heterocycles. The van der Waals surface area contributed by atoms with Gasteiger partial charge in [0.05, 0.1) is 0 Å². The van der Waals surface area contributed by atoms with Gasteiger partial charge in [0.25, 0.3) is 0 Å². The standard InChI is InChI=1S/C13H19N/c1-10-4-2-5-11(8-10)12-6-3-7-13(14)9-12/h2,4-5,8,12-13H,3,6-7,9,14H2,1H3/t12-,13-/m1/s1. The second kappa shape index (κ2) is 4.14. The summed E-state index contributed by atoms with van der Waals surface area (Å²) >= 11 is 0. The van der Waals surface area contributed by atoms with Gasteiger partial charge >= 0.3 is 0 Å². The monoisotopic (exact) mass is 189 g/mol. The normalized spacial score (nSPS) is 27.6. The largest absolute Gasteiger partial charge is 0.328 e. The smallest absolute Gasteiger partial charge is 0.00446 e. The maximum absolute atomic E-state index is 6.00. The number of aryl methyl sites for hydroxylation is 1. The van der Waals surface area contributed by atoms with Gasteiger partial charge in [0.1, 0.15) is 0 Å². The fraction of sp³-hybridized carbons (Fsp3) is 0.538. The molecule has 76 valence electrons. The Balaban J connectivity index is 2.14. The SMILES string of the molecule is Cc1cccc([C@@H]2CCC[C@@H](N)C2)c1. The first-order chi connectivity index (χ1) is 6.75. The Morgan fingerprint density at radius 2 is 2.14 bits per heavy atom. The zero-order valence-corrected chi connectivity index (χ0v) is 8.87. The van der Waals surface area contributed by atoms with Gasteiger partial charge in [-0.3, -0.25) is 0 Å². The van der Waals surface area contributed by atoms with E-state index in [1.54, 1.807) is 0 Å². The van der Waals surface area contributed by atoms with Crippen molar-refractivity contribution in [2.24, 2.45) is 5.73 Å². The van der Waals surface area contributed by atoms with Crippen molar-refractivity contribution in [2.45, 2.75) is 44.6 Å². The lowest BCUT2D eigenvalue weighted by molar-refractivity contribution is 0.393. The number of benzene rings is 1. The molecule has 1 heteroatoms. The molecule has 0 spiro atoms. The quantitative estimate of drug-likeness (QED) is 0.722. The summed E-state index contributed by atoms with van der Waals surface area (Å²) in [4.78, 5) is 0. The highest BCUT2D eigenvalue weighted by Crippen LogP contribution is 2.32. The molecule has 1 fully saturated rings. The van der Waals surface area contributed by atoms with Crippen LogP contribution in [0.15, 0.2) is 24.3 Å². The second-order valence-corrected chi connectivity index (χ2v) is 4.54. The maximum atomic E-state index is 6.00. The zero-order valence-electron chi connectivity index (χ0n) is 8.87. The summed E-state index contributed by atoms with van der Waals surface area (Å²) in [6.45, 7) is 2.16. The molecule has 0 heterocycles. The van der Waals surface area contributed by atoms with E-state index in [0.717, 1.165) is 0 Å². The van der Waals surface area contributed by atoms with Crippen LogP contribution < -0.4 is 5.73 Å². The van der Waals surface area contributed by atoms with Crippen LogP contribution in [0, 0.1) is 6.92 Å². The Hall–Kier alpha value is -0.820. The van der Waals surface area contributed by atoms with Gasteiger partial charge in [0.2, 0.25) is 0 Å². The van der Waals surface area contributed by atoms with Crippen molar-refractivity contribution in [3.8, 4) is 0 Å². The van der Waals surface area contributed by atoms with Crippen molar-refractivity contribution in [3.05, 3.63) is 35.4 Å². The molecule has 1 aromatic rings. The van der Waals surface area contributed by atoms with Crippen molar-refractivity contribution < 1.29 is 0 Å². The highest BCUT2D eigenvalue weighted by atomic mass is 14.6. The van der Waals surface area contributed by atoms with Gasteiger partial charge < -0.3 is 5.73 Å². The maximum Gasteiger partial charge on any atom is 0.00446 e. The summed E-state index contributed by atoms with van der Waals surface area (Å²) in [5.74, 6) is 0.707. The van der Waals surface area contributed by atoms with Crippen LogP contribution in [0.25, 0.3) is 0 Å². The van der Waals surface area contributed by atoms with Gasteiger partial charge in [0, 0.05) is 6.04 Å². The average molecular weight is 189 g/mol. The summed E-state index contributed by atoms with van der Waals surface area (Å²) in [7, 11) is 0. The van der Waals surface area contributed by atoms with Crippen LogP contribution in [0.5, 0.6) is 0 Å². The molecule has 0 bridgehead atoms. The third-order valence-corrected chi connectivity index (χ3v) is 3.23. The fourth-order valence-corrected chi connectivity index (χ4v) is 2.45. The van der Waals surface area contributed by atoms with E-state index in [1.807, 2.05) is 0 Å². The Morgan fingerprint density at radius 1 is 1.29 bits per heavy atom. The molecule has 0 unspecified atom stereocenters. The predicted molar refractivity (Wildman–Crippen MR) is 60.4 cm³/mol. The lowest BCUT2D eigenvalue weighted by atomic mass is 9.81. The lowest BCUT2D eigenvalue weighted by Gasteiger charge is -2.27. The number of hydrogen-bond donors (Lipinski definition) is 1. The summed E-state index contributed by atoms with van der Waals surface area (Å²) < 4.78 is 0. The second-order valence-electron chi connectivity index (χ2n) is 4.54. The summed E-state index contributed by atoms with van der Waals surface area (Å²) in [5.41, 5.74) is 8.85. The summed E-state index contributed by atoms with van der Waals surface area (Å²) in [5, 5.41) is 0. The minimum absolute atomic E-state index is 0.425. The van der Waals surface area contributed by atoms with Gasteiger partial charge in [-0.2, -0.15) is 0 Å². The van der Waals surface area contributed by atoms with Gasteiger partial charge in [-0.1, -0.05) is 36.2 Å². The van der Waals surface area contributed by atoms with Crippen molar-refractivity contribution in [1.82, 2.24) is 0 Å². The van der Waals surface area contributed by atoms with Crippen LogP contribution in [0.3, 0.4) is 0 Å². The van der Waals surface area contributed by atoms with E-state index in [-0.39, 0.29) is 0 Å². The minimum atomic E-state index is 0.425. The molecule has 0 saturated heterocycles. The number of nitrogens with two attached hydrogens (primary N) is 1. The van der Waals surface area contributed by atoms with Crippen LogP contribution in [0.4, 0.5) is 0 Å². The highest BCUT2D eigenvalue weighted by Gasteiger charge is 2.20. The molecular weight excluding hydrogens is 170 g/mol. The van der Waals surface area contributed by atoms with Crippen LogP contribution >= 0.6 is 0 Å². The van der Waals surface area contributed by atoms with Crippen molar-refractivity contribution in [3.63, 3.8) is 0 Å². The molecule has 1 aliphatic rings. The topological polar surface area (TPSA) is 26.0 Å². The lowest BCUT2D eigenvalue weighted by Crippen LogP contribution is -2.26. The van der Waals surface area contributed by atoms with Gasteiger partial charge in [-0.25, -0.2) is 0 Å². The van der Waals surface area contributed by atoms with Gasteiger partial charge in [0.15, 0.2) is 0 Å². The number of rotatable bonds is 1. The van der Waals surface area contributed by atoms with E-state index in [1.165, 1.54) is 36.8 Å². The third kappa shape index (κ3) is 2.16. The minimum Gasteiger partial charge on any atom is -0.328 e. The molecule has 1 nitrogen and oxygen atoms in total. The zero-order chi connectivity index (χ0) is 9.97.